The molecule has 11 rings (SSSR count). The summed E-state index contributed by atoms with van der Waals surface area (Å²) in [7, 11) is -2.76. The topological polar surface area (TPSA) is 13.1 Å². The van der Waals surface area contributed by atoms with Gasteiger partial charge in [-0.05, 0) is 106 Å². The molecule has 0 N–H and O–H groups in total. The van der Waals surface area contributed by atoms with E-state index in [1.807, 2.05) is 48.6 Å². The molecule has 0 fully saturated rings. The molecule has 0 spiro atoms. The first-order valence-corrected chi connectivity index (χ1v) is 26.3. The monoisotopic (exact) mass is 1320 g/mol. The fourth-order valence-corrected chi connectivity index (χ4v) is 16.1. The van der Waals surface area contributed by atoms with E-state index in [1.165, 1.54) is 71.0 Å². The number of allylic oxidation sites excluding steroid dienone is 6. The van der Waals surface area contributed by atoms with E-state index in [4.69, 9.17) is 17.3 Å². The van der Waals surface area contributed by atoms with Crippen LogP contribution >= 0.6 is 15.8 Å². The number of benzene rings is 8. The van der Waals surface area contributed by atoms with Crippen LogP contribution in [0.25, 0.3) is 44.2 Å². The van der Waals surface area contributed by atoms with Gasteiger partial charge in [0, 0.05) is 23.3 Å². The third kappa shape index (κ3) is 11.3. The van der Waals surface area contributed by atoms with Gasteiger partial charge in [0.15, 0.2) is 0 Å². The Morgan fingerprint density at radius 2 is 1.06 bits per heavy atom. The van der Waals surface area contributed by atoms with Crippen LogP contribution in [0.1, 0.15) is 39.8 Å². The number of para-hydroxylation sites is 1. The van der Waals surface area contributed by atoms with E-state index in [9.17, 15) is 0 Å². The first-order valence-electron chi connectivity index (χ1n) is 23.2. The smallest absolute Gasteiger partial charge is 0.456 e. The van der Waals surface area contributed by atoms with Gasteiger partial charge in [0.2, 0.25) is 0 Å². The summed E-state index contributed by atoms with van der Waals surface area (Å²) in [6, 6.07) is 63.9. The van der Waals surface area contributed by atoms with Gasteiger partial charge in [-0.2, -0.15) is 0 Å². The van der Waals surface area contributed by atoms with Crippen LogP contribution in [0.3, 0.4) is 0 Å². The Balaban J connectivity index is 0.000000188. The third-order valence-electron chi connectivity index (χ3n) is 13.0. The van der Waals surface area contributed by atoms with E-state index in [1.54, 1.807) is 0 Å². The Kier molecular flexibility index (Phi) is 18.3. The molecule has 1 heterocycles. The van der Waals surface area contributed by atoms with Gasteiger partial charge >= 0.3 is 44.8 Å². The molecule has 1 aromatic heterocycles. The number of fused-ring (bicyclic) bond motifs is 9. The SMILES string of the molecule is C=C/C=C(\C=C)[PH+](c1ccccc1)c1cc2c(cc1[PH+](c1ccccc1)C(C=C)CC=C)oc1ccccc12.[Au+].[Au+].[C-]#Cc1ccc2c(c1)-c1ccccc1C2.[C-]#Cc1ccc2c(c1)-c1ccccc1C2. The van der Waals surface area contributed by atoms with Crippen molar-refractivity contribution >= 4 is 59.0 Å². The second-order valence-electron chi connectivity index (χ2n) is 17.1. The van der Waals surface area contributed by atoms with Gasteiger partial charge < -0.3 is 17.3 Å². The molecule has 0 amide bonds. The molecule has 0 bridgehead atoms. The van der Waals surface area contributed by atoms with E-state index >= 15 is 0 Å². The van der Waals surface area contributed by atoms with Crippen LogP contribution in [0.4, 0.5) is 0 Å². The summed E-state index contributed by atoms with van der Waals surface area (Å²) in [5.74, 6) is 4.87. The molecule has 2 aliphatic rings. The van der Waals surface area contributed by atoms with E-state index in [-0.39, 0.29) is 50.4 Å². The zero-order valence-corrected chi connectivity index (χ0v) is 45.6. The minimum atomic E-state index is -1.43. The first-order chi connectivity index (χ1) is 34.0. The molecule has 2 aliphatic carbocycles. The zero-order chi connectivity index (χ0) is 47.7. The van der Waals surface area contributed by atoms with Gasteiger partial charge in [-0.25, -0.2) is 0 Å². The molecule has 0 aliphatic heterocycles. The van der Waals surface area contributed by atoms with Gasteiger partial charge in [0.1, 0.15) is 40.3 Å². The van der Waals surface area contributed by atoms with E-state index in [0.717, 1.165) is 52.3 Å². The minimum Gasteiger partial charge on any atom is -0.456 e. The molecule has 0 saturated heterocycles. The third-order valence-corrected chi connectivity index (χ3v) is 19.2. The largest absolute Gasteiger partial charge is 1.00 e. The van der Waals surface area contributed by atoms with Crippen LogP contribution < -0.4 is 21.2 Å². The average molecular weight is 1320 g/mol. The molecule has 5 heteroatoms. The Morgan fingerprint density at radius 3 is 1.59 bits per heavy atom. The Hall–Kier alpha value is -6.28. The second-order valence-corrected chi connectivity index (χ2v) is 22.2. The van der Waals surface area contributed by atoms with Crippen molar-refractivity contribution in [1.29, 1.82) is 0 Å². The molecule has 71 heavy (non-hydrogen) atoms. The van der Waals surface area contributed by atoms with Crippen LogP contribution in [-0.2, 0) is 57.6 Å². The minimum absolute atomic E-state index is 0. The Morgan fingerprint density at radius 1 is 0.535 bits per heavy atom. The summed E-state index contributed by atoms with van der Waals surface area (Å²) < 4.78 is 6.46. The van der Waals surface area contributed by atoms with Crippen molar-refractivity contribution < 1.29 is 49.2 Å². The van der Waals surface area contributed by atoms with Gasteiger partial charge in [-0.3, -0.25) is 11.8 Å². The summed E-state index contributed by atoms with van der Waals surface area (Å²) in [6.45, 7) is 16.6. The Labute approximate surface area is 453 Å². The van der Waals surface area contributed by atoms with Gasteiger partial charge in [-0.15, -0.1) is 42.0 Å². The fraction of sp³-hybridized carbons (Fsp3) is 0.0606. The average Bonchev–Trinajstić information content (AvgIpc) is 4.09. The summed E-state index contributed by atoms with van der Waals surface area (Å²) in [4.78, 5) is 0. The fourth-order valence-electron chi connectivity index (χ4n) is 9.77. The molecule has 9 aromatic rings. The molecular weight excluding hydrogens is 1260 g/mol. The standard InChI is InChI=1S/C36H32OP2.2C15H9.2Au/c1-5-17-27(7-3)38(29-19-11-9-12-20-29)35-25-32-31-23-15-16-24-33(31)37-34(32)26-36(35)39(28(8-4)18-6-2)30-21-13-10-14-22-30;2*1-2-11-7-8-13-10-12-5-3-4-6-14(12)15(13)9-11;;/h5-17,19-26,28H,1-4,18H2;2*3-9H,10H2;;/q;2*-1;2*+1/p+2/b27-17+;;;;. The van der Waals surface area contributed by atoms with Crippen molar-refractivity contribution in [1.82, 2.24) is 0 Å². The predicted octanol–water partition coefficient (Wildman–Crippen LogP) is 14.7. The molecule has 3 unspecified atom stereocenters. The Bertz CT molecular complexity index is 3390. The van der Waals surface area contributed by atoms with Crippen molar-refractivity contribution in [2.75, 3.05) is 0 Å². The van der Waals surface area contributed by atoms with Crippen molar-refractivity contribution in [2.45, 2.75) is 24.9 Å². The van der Waals surface area contributed by atoms with Crippen molar-refractivity contribution in [3.05, 3.63) is 290 Å². The summed E-state index contributed by atoms with van der Waals surface area (Å²) >= 11 is 0. The molecule has 352 valence electrons. The molecule has 3 atom stereocenters. The van der Waals surface area contributed by atoms with Crippen LogP contribution in [0, 0.1) is 24.7 Å². The van der Waals surface area contributed by atoms with E-state index in [2.05, 4.69) is 202 Å². The number of furan rings is 1. The maximum atomic E-state index is 7.14. The molecule has 0 radical (unpaired) electrons. The number of hydrogen-bond donors (Lipinski definition) is 0. The normalized spacial score (nSPS) is 12.6. The van der Waals surface area contributed by atoms with Gasteiger partial charge in [0.05, 0.1) is 18.9 Å². The number of rotatable bonds is 11. The number of hydrogen-bond acceptors (Lipinski definition) is 1. The molecular formula is C66H52Au2OP2+2. The molecule has 8 aromatic carbocycles. The zero-order valence-electron chi connectivity index (χ0n) is 39.2. The second kappa shape index (κ2) is 24.7. The quantitative estimate of drug-likeness (QED) is 0.0314. The summed E-state index contributed by atoms with van der Waals surface area (Å²) in [6.07, 6.45) is 27.3. The summed E-state index contributed by atoms with van der Waals surface area (Å²) in [5.41, 5.74) is 14.4. The molecule has 0 saturated carbocycles. The van der Waals surface area contributed by atoms with Crippen LogP contribution in [0.5, 0.6) is 0 Å². The van der Waals surface area contributed by atoms with Crippen molar-refractivity contribution in [3.8, 4) is 34.1 Å². The van der Waals surface area contributed by atoms with Gasteiger partial charge in [0.25, 0.3) is 0 Å². The van der Waals surface area contributed by atoms with E-state index in [0.29, 0.717) is 0 Å². The van der Waals surface area contributed by atoms with Crippen molar-refractivity contribution in [2.24, 2.45) is 0 Å². The van der Waals surface area contributed by atoms with Crippen LogP contribution in [0.2, 0.25) is 0 Å². The van der Waals surface area contributed by atoms with Gasteiger partial charge in [-0.1, -0.05) is 153 Å². The predicted molar refractivity (Wildman–Crippen MR) is 301 cm³/mol. The molecule has 1 nitrogen and oxygen atoms in total. The summed E-state index contributed by atoms with van der Waals surface area (Å²) in [5, 5.41) is 8.90. The first kappa shape index (κ1) is 52.5. The maximum absolute atomic E-state index is 7.14. The van der Waals surface area contributed by atoms with E-state index < -0.39 is 15.8 Å². The maximum Gasteiger partial charge on any atom is 1.00 e. The van der Waals surface area contributed by atoms with Crippen LogP contribution in [-0.4, -0.2) is 5.66 Å². The van der Waals surface area contributed by atoms with Crippen LogP contribution in [0.15, 0.2) is 248 Å². The van der Waals surface area contributed by atoms with Crippen molar-refractivity contribution in [3.63, 3.8) is 0 Å².